The first-order valence-corrected chi connectivity index (χ1v) is 10.4. The number of aromatic nitrogens is 4. The summed E-state index contributed by atoms with van der Waals surface area (Å²) in [7, 11) is 0. The Balaban J connectivity index is 1.61. The third-order valence-electron chi connectivity index (χ3n) is 5.17. The highest BCUT2D eigenvalue weighted by Crippen LogP contribution is 2.17. The average Bonchev–Trinajstić information content (AvgIpc) is 2.85. The van der Waals surface area contributed by atoms with Crippen LogP contribution in [0.1, 0.15) is 22.4 Å². The second-order valence-corrected chi connectivity index (χ2v) is 7.42. The smallest absolute Gasteiger partial charge is 0.267 e. The summed E-state index contributed by atoms with van der Waals surface area (Å²) in [6.45, 7) is 0. The van der Waals surface area contributed by atoms with Crippen LogP contribution in [0.2, 0.25) is 0 Å². The molecule has 2 aromatic carbocycles. The predicted molar refractivity (Wildman–Crippen MR) is 128 cm³/mol. The first-order valence-electron chi connectivity index (χ1n) is 10.4. The van der Waals surface area contributed by atoms with Crippen LogP contribution in [0.3, 0.4) is 0 Å². The van der Waals surface area contributed by atoms with Crippen molar-refractivity contribution >= 4 is 23.3 Å². The minimum Gasteiger partial charge on any atom is -0.267 e. The molecule has 0 N–H and O–H groups in total. The van der Waals surface area contributed by atoms with E-state index in [-0.39, 0.29) is 5.56 Å². The van der Waals surface area contributed by atoms with Crippen LogP contribution in [-0.2, 0) is 6.42 Å². The van der Waals surface area contributed by atoms with E-state index in [0.717, 1.165) is 22.4 Å². The summed E-state index contributed by atoms with van der Waals surface area (Å²) in [6.07, 6.45) is 9.66. The molecule has 5 aromatic rings. The SMILES string of the molecule is O=c1c(Cc2cccnc2)nc2cccnc2n1-c1cccc(/C=C/c2ccccc2)c1. The molecule has 154 valence electrons. The minimum atomic E-state index is -0.177. The predicted octanol–water partition coefficient (Wildman–Crippen LogP) is 4.94. The van der Waals surface area contributed by atoms with Gasteiger partial charge in [0.05, 0.1) is 5.69 Å². The van der Waals surface area contributed by atoms with Gasteiger partial charge in [-0.15, -0.1) is 0 Å². The van der Waals surface area contributed by atoms with Crippen LogP contribution in [0.4, 0.5) is 0 Å². The van der Waals surface area contributed by atoms with E-state index in [4.69, 9.17) is 0 Å². The molecule has 32 heavy (non-hydrogen) atoms. The highest BCUT2D eigenvalue weighted by atomic mass is 16.1. The van der Waals surface area contributed by atoms with Crippen molar-refractivity contribution in [1.82, 2.24) is 19.5 Å². The molecule has 0 aliphatic carbocycles. The number of pyridine rings is 2. The minimum absolute atomic E-state index is 0.177. The molecule has 0 saturated heterocycles. The Morgan fingerprint density at radius 2 is 1.62 bits per heavy atom. The fraction of sp³-hybridized carbons (Fsp3) is 0.0370. The second-order valence-electron chi connectivity index (χ2n) is 7.42. The molecule has 5 nitrogen and oxygen atoms in total. The first kappa shape index (κ1) is 19.6. The summed E-state index contributed by atoms with van der Waals surface area (Å²) in [6, 6.07) is 25.5. The van der Waals surface area contributed by atoms with Crippen LogP contribution in [0.25, 0.3) is 29.0 Å². The van der Waals surface area contributed by atoms with Gasteiger partial charge in [-0.25, -0.2) is 9.97 Å². The van der Waals surface area contributed by atoms with Crippen molar-refractivity contribution in [3.8, 4) is 5.69 Å². The van der Waals surface area contributed by atoms with Crippen LogP contribution >= 0.6 is 0 Å². The largest absolute Gasteiger partial charge is 0.278 e. The van der Waals surface area contributed by atoms with Gasteiger partial charge in [-0.2, -0.15) is 0 Å². The molecule has 0 unspecified atom stereocenters. The van der Waals surface area contributed by atoms with Crippen LogP contribution in [-0.4, -0.2) is 19.5 Å². The van der Waals surface area contributed by atoms with Gasteiger partial charge >= 0.3 is 0 Å². The van der Waals surface area contributed by atoms with Gasteiger partial charge in [0.15, 0.2) is 5.65 Å². The second kappa shape index (κ2) is 8.78. The molecule has 0 atom stereocenters. The highest BCUT2D eigenvalue weighted by Gasteiger charge is 2.14. The standard InChI is InChI=1S/C27H20N4O/c32-27-25(18-22-10-5-15-28-19-22)30-24-12-6-16-29-26(24)31(27)23-11-4-9-21(17-23)14-13-20-7-2-1-3-8-20/h1-17,19H,18H2/b14-13+. The first-order chi connectivity index (χ1) is 15.8. The molecule has 0 fully saturated rings. The van der Waals surface area contributed by atoms with Crippen molar-refractivity contribution in [2.45, 2.75) is 6.42 Å². The molecular formula is C27H20N4O. The van der Waals surface area contributed by atoms with E-state index in [0.29, 0.717) is 23.3 Å². The van der Waals surface area contributed by atoms with Crippen molar-refractivity contribution < 1.29 is 0 Å². The van der Waals surface area contributed by atoms with Crippen LogP contribution < -0.4 is 5.56 Å². The number of rotatable bonds is 5. The topological polar surface area (TPSA) is 60.7 Å². The summed E-state index contributed by atoms with van der Waals surface area (Å²) in [5, 5.41) is 0. The molecule has 0 radical (unpaired) electrons. The Bertz CT molecular complexity index is 1460. The van der Waals surface area contributed by atoms with Gasteiger partial charge in [0, 0.05) is 25.0 Å². The van der Waals surface area contributed by atoms with Gasteiger partial charge in [0.25, 0.3) is 5.56 Å². The summed E-state index contributed by atoms with van der Waals surface area (Å²) in [5.74, 6) is 0. The van der Waals surface area contributed by atoms with Gasteiger partial charge in [-0.3, -0.25) is 14.3 Å². The van der Waals surface area contributed by atoms with E-state index in [9.17, 15) is 4.79 Å². The maximum Gasteiger partial charge on any atom is 0.278 e. The van der Waals surface area contributed by atoms with Gasteiger partial charge in [0.1, 0.15) is 11.2 Å². The molecule has 0 spiro atoms. The molecule has 3 aromatic heterocycles. The summed E-state index contributed by atoms with van der Waals surface area (Å²) in [4.78, 5) is 26.7. The van der Waals surface area contributed by atoms with E-state index >= 15 is 0 Å². The number of hydrogen-bond acceptors (Lipinski definition) is 4. The molecule has 5 rings (SSSR count). The third kappa shape index (κ3) is 4.09. The van der Waals surface area contributed by atoms with Crippen molar-refractivity contribution in [3.63, 3.8) is 0 Å². The normalized spacial score (nSPS) is 11.2. The Kier molecular flexibility index (Phi) is 5.37. The fourth-order valence-electron chi connectivity index (χ4n) is 3.64. The Labute approximate surface area is 185 Å². The van der Waals surface area contributed by atoms with Crippen molar-refractivity contribution in [3.05, 3.63) is 130 Å². The maximum atomic E-state index is 13.5. The zero-order valence-corrected chi connectivity index (χ0v) is 17.3. The molecule has 5 heteroatoms. The number of nitrogens with zero attached hydrogens (tertiary/aromatic N) is 4. The average molecular weight is 416 g/mol. The van der Waals surface area contributed by atoms with E-state index in [1.807, 2.05) is 72.8 Å². The molecule has 0 saturated carbocycles. The summed E-state index contributed by atoms with van der Waals surface area (Å²) >= 11 is 0. The van der Waals surface area contributed by atoms with E-state index < -0.39 is 0 Å². The Morgan fingerprint density at radius 3 is 2.47 bits per heavy atom. The summed E-state index contributed by atoms with van der Waals surface area (Å²) in [5.41, 5.74) is 5.30. The fourth-order valence-corrected chi connectivity index (χ4v) is 3.64. The highest BCUT2D eigenvalue weighted by molar-refractivity contribution is 5.74. The summed E-state index contributed by atoms with van der Waals surface area (Å²) < 4.78 is 1.65. The van der Waals surface area contributed by atoms with E-state index in [2.05, 4.69) is 33.2 Å². The van der Waals surface area contributed by atoms with E-state index in [1.54, 1.807) is 23.2 Å². The lowest BCUT2D eigenvalue weighted by molar-refractivity contribution is 0.924. The van der Waals surface area contributed by atoms with Crippen LogP contribution in [0, 0.1) is 0 Å². The van der Waals surface area contributed by atoms with Crippen molar-refractivity contribution in [2.75, 3.05) is 0 Å². The Hall–Kier alpha value is -4.38. The van der Waals surface area contributed by atoms with Crippen LogP contribution in [0.15, 0.2) is 102 Å². The lowest BCUT2D eigenvalue weighted by atomic mass is 10.1. The number of benzene rings is 2. The lowest BCUT2D eigenvalue weighted by Crippen LogP contribution is -2.25. The van der Waals surface area contributed by atoms with Crippen molar-refractivity contribution in [1.29, 1.82) is 0 Å². The lowest BCUT2D eigenvalue weighted by Gasteiger charge is -2.12. The van der Waals surface area contributed by atoms with E-state index in [1.165, 1.54) is 0 Å². The van der Waals surface area contributed by atoms with Crippen LogP contribution in [0.5, 0.6) is 0 Å². The molecule has 0 aliphatic heterocycles. The van der Waals surface area contributed by atoms with Gasteiger partial charge in [0.2, 0.25) is 0 Å². The molecule has 0 aliphatic rings. The monoisotopic (exact) mass is 416 g/mol. The van der Waals surface area contributed by atoms with Gasteiger partial charge in [-0.05, 0) is 47.0 Å². The quantitative estimate of drug-likeness (QED) is 0.381. The molecule has 0 bridgehead atoms. The third-order valence-corrected chi connectivity index (χ3v) is 5.17. The zero-order valence-electron chi connectivity index (χ0n) is 17.3. The Morgan fingerprint density at radius 1 is 0.812 bits per heavy atom. The molecule has 0 amide bonds. The maximum absolute atomic E-state index is 13.5. The molecular weight excluding hydrogens is 396 g/mol. The molecule has 3 heterocycles. The number of fused-ring (bicyclic) bond motifs is 1. The zero-order chi connectivity index (χ0) is 21.8. The van der Waals surface area contributed by atoms with Gasteiger partial charge in [-0.1, -0.05) is 60.7 Å². The number of hydrogen-bond donors (Lipinski definition) is 0. The van der Waals surface area contributed by atoms with Crippen molar-refractivity contribution in [2.24, 2.45) is 0 Å². The van der Waals surface area contributed by atoms with Gasteiger partial charge < -0.3 is 0 Å².